The van der Waals surface area contributed by atoms with Gasteiger partial charge in [0.05, 0.1) is 12.6 Å². The van der Waals surface area contributed by atoms with Gasteiger partial charge in [0.1, 0.15) is 42.2 Å². The highest BCUT2D eigenvalue weighted by Crippen LogP contribution is 2.24. The van der Waals surface area contributed by atoms with Gasteiger partial charge in [0.25, 0.3) is 0 Å². The maximum Gasteiger partial charge on any atom is 0.328 e. The largest absolute Gasteiger partial charge is 0.508 e. The fourth-order valence-electron chi connectivity index (χ4n) is 8.16. The van der Waals surface area contributed by atoms with Crippen molar-refractivity contribution >= 4 is 53.2 Å². The Hall–Kier alpha value is -6.87. The molecule has 9 unspecified atom stereocenters. The van der Waals surface area contributed by atoms with Crippen molar-refractivity contribution in [2.75, 3.05) is 33.2 Å². The second kappa shape index (κ2) is 28.1. The zero-order valence-corrected chi connectivity index (χ0v) is 41.5. The topological polar surface area (TPSA) is 294 Å². The van der Waals surface area contributed by atoms with Crippen LogP contribution in [0.1, 0.15) is 90.7 Å². The second-order valence-corrected chi connectivity index (χ2v) is 18.1. The van der Waals surface area contributed by atoms with E-state index in [0.717, 1.165) is 12.0 Å². The molecule has 2 aromatic carbocycles. The number of hydrogen-bond donors (Lipinski definition) is 9. The van der Waals surface area contributed by atoms with Gasteiger partial charge in [-0.3, -0.25) is 43.3 Å². The molecule has 0 aliphatic carbocycles. The van der Waals surface area contributed by atoms with E-state index in [4.69, 9.17) is 4.74 Å². The summed E-state index contributed by atoms with van der Waals surface area (Å²) in [5, 5.41) is 40.3. The molecule has 71 heavy (non-hydrogen) atoms. The third-order valence-corrected chi connectivity index (χ3v) is 12.5. The number of rotatable bonds is 17. The summed E-state index contributed by atoms with van der Waals surface area (Å²) in [7, 11) is 1.44. The quantitative estimate of drug-likeness (QED) is 0.0573. The fraction of sp³-hybridized carbons (Fsp3) is 0.540. The number of carbonyl (C=O) groups is 9. The molecule has 4 rings (SSSR count). The summed E-state index contributed by atoms with van der Waals surface area (Å²) in [5.74, 6) is -6.01. The third-order valence-electron chi connectivity index (χ3n) is 12.5. The molecule has 2 aliphatic rings. The van der Waals surface area contributed by atoms with Gasteiger partial charge in [-0.15, -0.1) is 0 Å². The van der Waals surface area contributed by atoms with Crippen molar-refractivity contribution in [3.05, 3.63) is 77.4 Å². The number of ether oxygens (including phenoxy) is 1. The number of aliphatic hydroxyl groups is 1. The number of nitrogens with zero attached hydrogens (tertiary/aromatic N) is 2. The lowest BCUT2D eigenvalue weighted by molar-refractivity contribution is -0.156. The first kappa shape index (κ1) is 56.7. The maximum absolute atomic E-state index is 15.0. The van der Waals surface area contributed by atoms with Gasteiger partial charge in [0, 0.05) is 58.1 Å². The van der Waals surface area contributed by atoms with Crippen molar-refractivity contribution in [1.29, 1.82) is 0 Å². The SMILES string of the molecule is CC=C(C)C(=O)NCC(=O)NC1C(=O)NC(CCC(=O)NCCCCCNC(C)=O)C(=O)NC2CCC(O)N(C2)C(Cc2ccccc2)C(=O)N(C)C(Cc2ccc(O)cc2)C(=O)NC(C)C(=O)OC1C. The third kappa shape index (κ3) is 18.1. The highest BCUT2D eigenvalue weighted by atomic mass is 16.5. The summed E-state index contributed by atoms with van der Waals surface area (Å²) in [4.78, 5) is 125. The summed E-state index contributed by atoms with van der Waals surface area (Å²) in [5.41, 5.74) is 1.63. The Morgan fingerprint density at radius 3 is 2.08 bits per heavy atom. The lowest BCUT2D eigenvalue weighted by atomic mass is 9.95. The molecule has 0 aromatic heterocycles. The van der Waals surface area contributed by atoms with Gasteiger partial charge in [-0.2, -0.15) is 0 Å². The number of hydrogen-bond acceptors (Lipinski definition) is 13. The van der Waals surface area contributed by atoms with Gasteiger partial charge in [-0.1, -0.05) is 48.5 Å². The summed E-state index contributed by atoms with van der Waals surface area (Å²) >= 11 is 0. The van der Waals surface area contributed by atoms with Crippen molar-refractivity contribution in [3.8, 4) is 5.75 Å². The predicted molar refractivity (Wildman–Crippen MR) is 260 cm³/mol. The van der Waals surface area contributed by atoms with Crippen LogP contribution in [-0.2, 0) is 60.7 Å². The lowest BCUT2D eigenvalue weighted by Gasteiger charge is -2.43. The van der Waals surface area contributed by atoms with Crippen LogP contribution >= 0.6 is 0 Å². The highest BCUT2D eigenvalue weighted by molar-refractivity contribution is 5.97. The van der Waals surface area contributed by atoms with E-state index in [1.165, 1.54) is 44.9 Å². The van der Waals surface area contributed by atoms with Crippen molar-refractivity contribution in [1.82, 2.24) is 47.0 Å². The van der Waals surface area contributed by atoms with Crippen LogP contribution in [0, 0.1) is 0 Å². The van der Waals surface area contributed by atoms with Gasteiger partial charge in [0.15, 0.2) is 0 Å². The van der Waals surface area contributed by atoms with Gasteiger partial charge < -0.3 is 57.1 Å². The lowest BCUT2D eigenvalue weighted by Crippen LogP contribution is -2.63. The van der Waals surface area contributed by atoms with Crippen molar-refractivity contribution in [3.63, 3.8) is 0 Å². The molecule has 2 heterocycles. The zero-order chi connectivity index (χ0) is 52.2. The second-order valence-electron chi connectivity index (χ2n) is 18.1. The number of piperidine rings is 1. The van der Waals surface area contributed by atoms with Crippen LogP contribution in [-0.4, -0.2) is 155 Å². The molecule has 21 heteroatoms. The average molecular weight is 990 g/mol. The van der Waals surface area contributed by atoms with Crippen LogP contribution in [0.4, 0.5) is 0 Å². The number of nitrogens with one attached hydrogen (secondary N) is 7. The number of aliphatic hydroxyl groups excluding tert-OH is 1. The molecule has 2 aliphatic heterocycles. The van der Waals surface area contributed by atoms with Crippen molar-refractivity contribution in [2.24, 2.45) is 0 Å². The zero-order valence-electron chi connectivity index (χ0n) is 41.5. The van der Waals surface area contributed by atoms with Gasteiger partial charge >= 0.3 is 5.97 Å². The summed E-state index contributed by atoms with van der Waals surface area (Å²) in [6.07, 6.45) is 0.921. The van der Waals surface area contributed by atoms with E-state index in [1.54, 1.807) is 49.1 Å². The molecular formula is C50H71N9O12. The first-order chi connectivity index (χ1) is 33.8. The Morgan fingerprint density at radius 1 is 0.775 bits per heavy atom. The number of likely N-dealkylation sites (N-methyl/N-ethyl adjacent to an activating group) is 1. The number of esters is 1. The number of cyclic esters (lactones) is 1. The van der Waals surface area contributed by atoms with Gasteiger partial charge in [-0.05, 0) is 95.9 Å². The predicted octanol–water partition coefficient (Wildman–Crippen LogP) is -0.0232. The number of unbranched alkanes of at least 4 members (excludes halogenated alkanes) is 2. The van der Waals surface area contributed by atoms with E-state index in [2.05, 4.69) is 37.2 Å². The molecule has 0 radical (unpaired) electrons. The fourth-order valence-corrected chi connectivity index (χ4v) is 8.16. The Balaban J connectivity index is 1.72. The maximum atomic E-state index is 15.0. The Morgan fingerprint density at radius 2 is 1.42 bits per heavy atom. The standard InChI is InChI=1S/C50H71N9O12/c1-7-30(2)45(65)53-28-42(63)57-44-32(4)71-50(70)31(3)54-47(67)39(26-35-16-19-37(61)20-17-35)58(6)49(69)40(27-34-14-10-8-11-15-34)59-29-36(18-23-43(59)64)55-46(66)38(56-48(44)68)21-22-41(62)52-25-13-9-12-24-51-33(5)60/h7-8,10-11,14-17,19-20,31-32,36,38-40,43-44,61,64H,9,12-13,18,21-29H2,1-6H3,(H,51,60)(H,52,62)(H,53,65)(H,54,67)(H,55,66)(H,56,68)(H,57,63). The van der Waals surface area contributed by atoms with E-state index in [9.17, 15) is 53.4 Å². The molecule has 0 spiro atoms. The van der Waals surface area contributed by atoms with E-state index < -0.39 is 102 Å². The molecule has 8 amide bonds. The van der Waals surface area contributed by atoms with E-state index >= 15 is 0 Å². The number of allylic oxidation sites excluding steroid dienone is 1. The van der Waals surface area contributed by atoms with Crippen molar-refractivity contribution < 1.29 is 58.1 Å². The number of phenolic OH excluding ortho intramolecular Hbond substituents is 1. The Bertz CT molecular complexity index is 2210. The normalized spacial score (nSPS) is 24.9. The molecule has 21 nitrogen and oxygen atoms in total. The van der Waals surface area contributed by atoms with Crippen LogP contribution in [0.5, 0.6) is 5.75 Å². The van der Waals surface area contributed by atoms with Crippen LogP contribution in [0.2, 0.25) is 0 Å². The average Bonchev–Trinajstić information content (AvgIpc) is 3.34. The Kier molecular flexibility index (Phi) is 22.4. The molecule has 2 saturated heterocycles. The van der Waals surface area contributed by atoms with Gasteiger partial charge in [-0.25, -0.2) is 4.79 Å². The summed E-state index contributed by atoms with van der Waals surface area (Å²) < 4.78 is 5.71. The van der Waals surface area contributed by atoms with Crippen LogP contribution in [0.15, 0.2) is 66.2 Å². The van der Waals surface area contributed by atoms with E-state index in [0.29, 0.717) is 37.1 Å². The van der Waals surface area contributed by atoms with Gasteiger partial charge in [0.2, 0.25) is 47.3 Å². The number of carbonyl (C=O) groups excluding carboxylic acids is 9. The molecule has 388 valence electrons. The molecular weight excluding hydrogens is 919 g/mol. The molecule has 2 fully saturated rings. The van der Waals surface area contributed by atoms with E-state index in [1.807, 2.05) is 18.2 Å². The van der Waals surface area contributed by atoms with Crippen LogP contribution in [0.25, 0.3) is 0 Å². The first-order valence-electron chi connectivity index (χ1n) is 24.1. The minimum absolute atomic E-state index is 0.0234. The first-order valence-corrected chi connectivity index (χ1v) is 24.1. The number of phenols is 1. The highest BCUT2D eigenvalue weighted by Gasteiger charge is 2.42. The minimum atomic E-state index is -1.68. The molecule has 9 N–H and O–H groups in total. The van der Waals surface area contributed by atoms with Crippen LogP contribution < -0.4 is 37.2 Å². The van der Waals surface area contributed by atoms with Crippen molar-refractivity contribution in [2.45, 2.75) is 141 Å². The smallest absolute Gasteiger partial charge is 0.328 e. The number of aromatic hydroxyl groups is 1. The molecule has 2 aromatic rings. The monoisotopic (exact) mass is 990 g/mol. The van der Waals surface area contributed by atoms with Crippen LogP contribution in [0.3, 0.4) is 0 Å². The summed E-state index contributed by atoms with van der Waals surface area (Å²) in [6, 6.07) is 7.58. The minimum Gasteiger partial charge on any atom is -0.508 e. The Labute approximate surface area is 414 Å². The number of fused-ring (bicyclic) bond motifs is 2. The molecule has 9 atom stereocenters. The summed E-state index contributed by atoms with van der Waals surface area (Å²) in [6.45, 7) is 7.45. The number of amides is 8. The molecule has 2 bridgehead atoms. The molecule has 0 saturated carbocycles. The number of benzene rings is 2. The van der Waals surface area contributed by atoms with E-state index in [-0.39, 0.29) is 56.7 Å².